The van der Waals surface area contributed by atoms with Crippen molar-refractivity contribution in [3.63, 3.8) is 0 Å². The molecule has 0 saturated heterocycles. The molecule has 2 aromatic carbocycles. The molecule has 0 aromatic heterocycles. The fourth-order valence-electron chi connectivity index (χ4n) is 1.91. The Balaban J connectivity index is 2.04. The average molecular weight is 447 g/mol. The Kier molecular flexibility index (Phi) is 6.70. The van der Waals surface area contributed by atoms with E-state index in [0.717, 1.165) is 0 Å². The van der Waals surface area contributed by atoms with Gasteiger partial charge in [-0.15, -0.1) is 0 Å². The predicted molar refractivity (Wildman–Crippen MR) is 101 cm³/mol. The van der Waals surface area contributed by atoms with Crippen LogP contribution in [0.2, 0.25) is 10.0 Å². The first-order chi connectivity index (χ1) is 11.8. The molecule has 2 aromatic rings. The molecule has 0 heterocycles. The van der Waals surface area contributed by atoms with E-state index in [2.05, 4.69) is 21.2 Å². The molecule has 0 saturated carbocycles. The number of anilines is 1. The third-order valence-corrected chi connectivity index (χ3v) is 4.69. The van der Waals surface area contributed by atoms with Crippen molar-refractivity contribution in [2.45, 2.75) is 13.0 Å². The summed E-state index contributed by atoms with van der Waals surface area (Å²) < 4.78 is 10.9. The topological polar surface area (TPSA) is 64.6 Å². The molecule has 0 radical (unpaired) electrons. The zero-order chi connectivity index (χ0) is 18.6. The fourth-order valence-corrected chi connectivity index (χ4v) is 2.80. The van der Waals surface area contributed by atoms with Crippen molar-refractivity contribution in [3.05, 3.63) is 56.5 Å². The van der Waals surface area contributed by atoms with Gasteiger partial charge in [-0.2, -0.15) is 0 Å². The highest BCUT2D eigenvalue weighted by Gasteiger charge is 2.20. The number of esters is 1. The van der Waals surface area contributed by atoms with Crippen molar-refractivity contribution in [1.29, 1.82) is 0 Å². The molecule has 1 N–H and O–H groups in total. The first-order valence-corrected chi connectivity index (χ1v) is 8.67. The smallest absolute Gasteiger partial charge is 0.338 e. The van der Waals surface area contributed by atoms with Gasteiger partial charge in [0, 0.05) is 0 Å². The van der Waals surface area contributed by atoms with Crippen molar-refractivity contribution in [2.24, 2.45) is 0 Å². The van der Waals surface area contributed by atoms with Crippen LogP contribution in [0.5, 0.6) is 5.75 Å². The Morgan fingerprint density at radius 1 is 1.20 bits per heavy atom. The number of halogens is 3. The first-order valence-electron chi connectivity index (χ1n) is 7.13. The minimum Gasteiger partial charge on any atom is -0.496 e. The number of nitrogens with one attached hydrogen (secondary N) is 1. The lowest BCUT2D eigenvalue weighted by molar-refractivity contribution is -0.123. The molecule has 1 unspecified atom stereocenters. The van der Waals surface area contributed by atoms with Crippen LogP contribution in [-0.2, 0) is 9.53 Å². The summed E-state index contributed by atoms with van der Waals surface area (Å²) in [5.41, 5.74) is 0.627. The molecular formula is C17H14BrCl2NO4. The van der Waals surface area contributed by atoms with E-state index in [0.29, 0.717) is 20.9 Å². The number of carbonyl (C=O) groups excluding carboxylic acids is 2. The monoisotopic (exact) mass is 445 g/mol. The maximum Gasteiger partial charge on any atom is 0.338 e. The molecule has 0 aliphatic heterocycles. The first kappa shape index (κ1) is 19.6. The summed E-state index contributed by atoms with van der Waals surface area (Å²) in [4.78, 5) is 24.4. The number of ether oxygens (including phenoxy) is 2. The molecule has 25 heavy (non-hydrogen) atoms. The standard InChI is InChI=1S/C17H14BrCl2NO4/c1-9(16(22)21-13-5-3-4-12(19)15(13)20)25-17(23)10-6-7-14(24-2)11(18)8-10/h3-9H,1-2H3,(H,21,22). The van der Waals surface area contributed by atoms with Crippen LogP contribution in [-0.4, -0.2) is 25.1 Å². The molecule has 0 aliphatic rings. The van der Waals surface area contributed by atoms with Gasteiger partial charge in [-0.3, -0.25) is 4.79 Å². The molecule has 1 atom stereocenters. The van der Waals surface area contributed by atoms with E-state index in [1.165, 1.54) is 14.0 Å². The number of methoxy groups -OCH3 is 1. The molecule has 1 amide bonds. The van der Waals surface area contributed by atoms with Crippen molar-refractivity contribution in [3.8, 4) is 5.75 Å². The second kappa shape index (κ2) is 8.56. The highest BCUT2D eigenvalue weighted by atomic mass is 79.9. The van der Waals surface area contributed by atoms with E-state index in [4.69, 9.17) is 32.7 Å². The van der Waals surface area contributed by atoms with E-state index in [1.54, 1.807) is 36.4 Å². The third kappa shape index (κ3) is 4.87. The Labute approximate surface area is 163 Å². The van der Waals surface area contributed by atoms with Crippen molar-refractivity contribution >= 4 is 56.7 Å². The molecule has 0 aliphatic carbocycles. The lowest BCUT2D eigenvalue weighted by Crippen LogP contribution is -2.30. The second-order valence-corrected chi connectivity index (χ2v) is 6.63. The van der Waals surface area contributed by atoms with Crippen LogP contribution in [0, 0.1) is 0 Å². The molecular weight excluding hydrogens is 433 g/mol. The quantitative estimate of drug-likeness (QED) is 0.660. The van der Waals surface area contributed by atoms with Crippen LogP contribution >= 0.6 is 39.1 Å². The lowest BCUT2D eigenvalue weighted by atomic mass is 10.2. The highest BCUT2D eigenvalue weighted by molar-refractivity contribution is 9.10. The zero-order valence-electron chi connectivity index (χ0n) is 13.3. The van der Waals surface area contributed by atoms with Crippen LogP contribution in [0.3, 0.4) is 0 Å². The van der Waals surface area contributed by atoms with Gasteiger partial charge >= 0.3 is 5.97 Å². The Morgan fingerprint density at radius 2 is 1.92 bits per heavy atom. The van der Waals surface area contributed by atoms with Gasteiger partial charge in [-0.25, -0.2) is 4.79 Å². The molecule has 2 rings (SSSR count). The van der Waals surface area contributed by atoms with E-state index < -0.39 is 18.0 Å². The van der Waals surface area contributed by atoms with Gasteiger partial charge in [-0.05, 0) is 53.2 Å². The summed E-state index contributed by atoms with van der Waals surface area (Å²) in [6.07, 6.45) is -1.02. The number of benzene rings is 2. The van der Waals surface area contributed by atoms with E-state index in [1.807, 2.05) is 0 Å². The Morgan fingerprint density at radius 3 is 2.56 bits per heavy atom. The lowest BCUT2D eigenvalue weighted by Gasteiger charge is -2.15. The van der Waals surface area contributed by atoms with Gasteiger partial charge in [0.25, 0.3) is 5.91 Å². The molecule has 132 valence electrons. The van der Waals surface area contributed by atoms with Crippen molar-refractivity contribution in [1.82, 2.24) is 0 Å². The number of carbonyl (C=O) groups is 2. The molecule has 0 fully saturated rings. The normalized spacial score (nSPS) is 11.6. The van der Waals surface area contributed by atoms with Gasteiger partial charge < -0.3 is 14.8 Å². The molecule has 0 bridgehead atoms. The average Bonchev–Trinajstić information content (AvgIpc) is 2.58. The predicted octanol–water partition coefficient (Wildman–Crippen LogP) is 4.95. The van der Waals surface area contributed by atoms with Crippen LogP contribution in [0.15, 0.2) is 40.9 Å². The van der Waals surface area contributed by atoms with Gasteiger partial charge in [0.1, 0.15) is 5.75 Å². The van der Waals surface area contributed by atoms with Crippen molar-refractivity contribution < 1.29 is 19.1 Å². The summed E-state index contributed by atoms with van der Waals surface area (Å²) in [7, 11) is 1.52. The number of rotatable bonds is 5. The minimum atomic E-state index is -1.02. The zero-order valence-corrected chi connectivity index (χ0v) is 16.4. The number of amides is 1. The van der Waals surface area contributed by atoms with Gasteiger partial charge in [0.05, 0.1) is 32.9 Å². The number of hydrogen-bond acceptors (Lipinski definition) is 4. The third-order valence-electron chi connectivity index (χ3n) is 3.25. The summed E-state index contributed by atoms with van der Waals surface area (Å²) in [5.74, 6) is -0.578. The fraction of sp³-hybridized carbons (Fsp3) is 0.176. The molecule has 5 nitrogen and oxygen atoms in total. The largest absolute Gasteiger partial charge is 0.496 e. The van der Waals surface area contributed by atoms with E-state index >= 15 is 0 Å². The second-order valence-electron chi connectivity index (χ2n) is 4.99. The summed E-state index contributed by atoms with van der Waals surface area (Å²) in [6, 6.07) is 9.57. The van der Waals surface area contributed by atoms with Crippen molar-refractivity contribution in [2.75, 3.05) is 12.4 Å². The molecule has 0 spiro atoms. The highest BCUT2D eigenvalue weighted by Crippen LogP contribution is 2.30. The van der Waals surface area contributed by atoms with E-state index in [-0.39, 0.29) is 10.6 Å². The Hall–Kier alpha value is -1.76. The van der Waals surface area contributed by atoms with Crippen LogP contribution in [0.25, 0.3) is 0 Å². The maximum atomic E-state index is 12.2. The Bertz CT molecular complexity index is 813. The van der Waals surface area contributed by atoms with Gasteiger partial charge in [0.2, 0.25) is 0 Å². The van der Waals surface area contributed by atoms with Crippen LogP contribution in [0.4, 0.5) is 5.69 Å². The maximum absolute atomic E-state index is 12.2. The van der Waals surface area contributed by atoms with Crippen LogP contribution < -0.4 is 10.1 Å². The summed E-state index contributed by atoms with van der Waals surface area (Å²) >= 11 is 15.2. The van der Waals surface area contributed by atoms with Gasteiger partial charge in [-0.1, -0.05) is 29.3 Å². The van der Waals surface area contributed by atoms with E-state index in [9.17, 15) is 9.59 Å². The molecule has 8 heteroatoms. The number of hydrogen-bond donors (Lipinski definition) is 1. The summed E-state index contributed by atoms with van der Waals surface area (Å²) in [5, 5.41) is 3.11. The van der Waals surface area contributed by atoms with Gasteiger partial charge in [0.15, 0.2) is 6.10 Å². The summed E-state index contributed by atoms with van der Waals surface area (Å²) in [6.45, 7) is 1.46. The van der Waals surface area contributed by atoms with Crippen LogP contribution in [0.1, 0.15) is 17.3 Å². The SMILES string of the molecule is COc1ccc(C(=O)OC(C)C(=O)Nc2cccc(Cl)c2Cl)cc1Br. The minimum absolute atomic E-state index is 0.218.